The maximum Gasteiger partial charge on any atom is 0.123 e. The van der Waals surface area contributed by atoms with Crippen LogP contribution in [0.2, 0.25) is 5.02 Å². The van der Waals surface area contributed by atoms with Crippen molar-refractivity contribution >= 4 is 11.6 Å². The zero-order valence-electron chi connectivity index (χ0n) is 11.2. The topological polar surface area (TPSA) is 21.3 Å². The quantitative estimate of drug-likeness (QED) is 0.883. The molecule has 0 saturated heterocycles. The molecular weight excluding hydrogens is 258 g/mol. The molecule has 0 saturated carbocycles. The maximum atomic E-state index is 5.98. The van der Waals surface area contributed by atoms with Gasteiger partial charge < -0.3 is 10.1 Å². The number of benzene rings is 2. The summed E-state index contributed by atoms with van der Waals surface area (Å²) in [4.78, 5) is 0. The standard InChI is InChI=1S/C16H18ClNO/c1-12(15-8-3-4-9-16(15)19-2)18-11-13-6-5-7-14(17)10-13/h3-10,12,18H,11H2,1-2H3/t12-/m0/s1. The van der Waals surface area contributed by atoms with Crippen molar-refractivity contribution in [3.63, 3.8) is 0 Å². The zero-order chi connectivity index (χ0) is 13.7. The lowest BCUT2D eigenvalue weighted by atomic mass is 10.1. The van der Waals surface area contributed by atoms with E-state index in [1.54, 1.807) is 7.11 Å². The van der Waals surface area contributed by atoms with Crippen molar-refractivity contribution < 1.29 is 4.74 Å². The van der Waals surface area contributed by atoms with Gasteiger partial charge in [0.05, 0.1) is 7.11 Å². The Hall–Kier alpha value is -1.51. The van der Waals surface area contributed by atoms with Gasteiger partial charge in [-0.05, 0) is 30.7 Å². The number of methoxy groups -OCH3 is 1. The highest BCUT2D eigenvalue weighted by Gasteiger charge is 2.09. The predicted molar refractivity (Wildman–Crippen MR) is 79.7 cm³/mol. The molecule has 0 aliphatic carbocycles. The van der Waals surface area contributed by atoms with Gasteiger partial charge in [-0.25, -0.2) is 0 Å². The van der Waals surface area contributed by atoms with Crippen molar-refractivity contribution in [3.05, 3.63) is 64.7 Å². The van der Waals surface area contributed by atoms with Crippen LogP contribution in [0.5, 0.6) is 5.75 Å². The normalized spacial score (nSPS) is 12.2. The fourth-order valence-electron chi connectivity index (χ4n) is 2.05. The summed E-state index contributed by atoms with van der Waals surface area (Å²) < 4.78 is 5.38. The molecule has 0 bridgehead atoms. The van der Waals surface area contributed by atoms with Gasteiger partial charge in [0.15, 0.2) is 0 Å². The second-order valence-electron chi connectivity index (χ2n) is 4.47. The van der Waals surface area contributed by atoms with Crippen molar-refractivity contribution in [2.75, 3.05) is 7.11 Å². The van der Waals surface area contributed by atoms with Crippen LogP contribution in [-0.4, -0.2) is 7.11 Å². The van der Waals surface area contributed by atoms with E-state index in [-0.39, 0.29) is 6.04 Å². The van der Waals surface area contributed by atoms with Crippen molar-refractivity contribution in [1.82, 2.24) is 5.32 Å². The van der Waals surface area contributed by atoms with Crippen molar-refractivity contribution in [3.8, 4) is 5.75 Å². The van der Waals surface area contributed by atoms with Crippen LogP contribution in [0.15, 0.2) is 48.5 Å². The van der Waals surface area contributed by atoms with Crippen LogP contribution in [0.3, 0.4) is 0 Å². The molecule has 19 heavy (non-hydrogen) atoms. The van der Waals surface area contributed by atoms with E-state index < -0.39 is 0 Å². The Bertz CT molecular complexity index is 542. The first-order chi connectivity index (χ1) is 9.20. The minimum atomic E-state index is 0.218. The third-order valence-electron chi connectivity index (χ3n) is 3.11. The molecule has 2 aromatic rings. The molecule has 0 amide bonds. The molecule has 100 valence electrons. The lowest BCUT2D eigenvalue weighted by molar-refractivity contribution is 0.401. The molecule has 1 atom stereocenters. The molecule has 2 nitrogen and oxygen atoms in total. The van der Waals surface area contributed by atoms with Gasteiger partial charge >= 0.3 is 0 Å². The van der Waals surface area contributed by atoms with Crippen LogP contribution in [-0.2, 0) is 6.54 Å². The van der Waals surface area contributed by atoms with Gasteiger partial charge in [0.2, 0.25) is 0 Å². The Balaban J connectivity index is 2.03. The summed E-state index contributed by atoms with van der Waals surface area (Å²) >= 11 is 5.98. The predicted octanol–water partition coefficient (Wildman–Crippen LogP) is 4.20. The largest absolute Gasteiger partial charge is 0.496 e. The Morgan fingerprint density at radius 3 is 2.68 bits per heavy atom. The Morgan fingerprint density at radius 1 is 1.16 bits per heavy atom. The van der Waals surface area contributed by atoms with Crippen molar-refractivity contribution in [2.24, 2.45) is 0 Å². The fraction of sp³-hybridized carbons (Fsp3) is 0.250. The van der Waals surface area contributed by atoms with E-state index in [0.717, 1.165) is 22.9 Å². The molecule has 0 aliphatic heterocycles. The van der Waals surface area contributed by atoms with Gasteiger partial charge in [-0.15, -0.1) is 0 Å². The zero-order valence-corrected chi connectivity index (χ0v) is 11.9. The van der Waals surface area contributed by atoms with E-state index in [1.807, 2.05) is 36.4 Å². The minimum Gasteiger partial charge on any atom is -0.496 e. The number of ether oxygens (including phenoxy) is 1. The first kappa shape index (κ1) is 13.9. The van der Waals surface area contributed by atoms with E-state index in [1.165, 1.54) is 5.56 Å². The summed E-state index contributed by atoms with van der Waals surface area (Å²) in [6, 6.07) is 16.2. The van der Waals surface area contributed by atoms with Gasteiger partial charge in [-0.3, -0.25) is 0 Å². The summed E-state index contributed by atoms with van der Waals surface area (Å²) in [6.07, 6.45) is 0. The van der Waals surface area contributed by atoms with E-state index in [0.29, 0.717) is 0 Å². The number of rotatable bonds is 5. The molecule has 0 aliphatic rings. The smallest absolute Gasteiger partial charge is 0.123 e. The van der Waals surface area contributed by atoms with Crippen LogP contribution in [0.4, 0.5) is 0 Å². The SMILES string of the molecule is COc1ccccc1[C@H](C)NCc1cccc(Cl)c1. The molecule has 1 N–H and O–H groups in total. The van der Waals surface area contributed by atoms with E-state index in [2.05, 4.69) is 24.4 Å². The maximum absolute atomic E-state index is 5.98. The van der Waals surface area contributed by atoms with Crippen molar-refractivity contribution in [2.45, 2.75) is 19.5 Å². The van der Waals surface area contributed by atoms with Gasteiger partial charge in [0.25, 0.3) is 0 Å². The van der Waals surface area contributed by atoms with Crippen molar-refractivity contribution in [1.29, 1.82) is 0 Å². The highest BCUT2D eigenvalue weighted by atomic mass is 35.5. The number of hydrogen-bond donors (Lipinski definition) is 1. The highest BCUT2D eigenvalue weighted by molar-refractivity contribution is 6.30. The molecule has 0 fully saturated rings. The Morgan fingerprint density at radius 2 is 1.95 bits per heavy atom. The summed E-state index contributed by atoms with van der Waals surface area (Å²) in [7, 11) is 1.70. The third-order valence-corrected chi connectivity index (χ3v) is 3.34. The molecule has 0 heterocycles. The highest BCUT2D eigenvalue weighted by Crippen LogP contribution is 2.24. The molecule has 3 heteroatoms. The first-order valence-electron chi connectivity index (χ1n) is 6.31. The molecular formula is C16H18ClNO. The second-order valence-corrected chi connectivity index (χ2v) is 4.91. The van der Waals surface area contributed by atoms with Crippen LogP contribution < -0.4 is 10.1 Å². The molecule has 2 aromatic carbocycles. The van der Waals surface area contributed by atoms with Gasteiger partial charge in [0, 0.05) is 23.2 Å². The monoisotopic (exact) mass is 275 g/mol. The Labute approximate surface area is 119 Å². The van der Waals surface area contributed by atoms with Gasteiger partial charge in [0.1, 0.15) is 5.75 Å². The molecule has 2 rings (SSSR count). The fourth-order valence-corrected chi connectivity index (χ4v) is 2.26. The van der Waals surface area contributed by atoms with Crippen LogP contribution >= 0.6 is 11.6 Å². The summed E-state index contributed by atoms with van der Waals surface area (Å²) in [5.74, 6) is 0.911. The molecule has 0 radical (unpaired) electrons. The second kappa shape index (κ2) is 6.60. The summed E-state index contributed by atoms with van der Waals surface area (Å²) in [5.41, 5.74) is 2.33. The van der Waals surface area contributed by atoms with E-state index >= 15 is 0 Å². The molecule has 0 spiro atoms. The lowest BCUT2D eigenvalue weighted by Gasteiger charge is -2.17. The van der Waals surface area contributed by atoms with Crippen LogP contribution in [0.1, 0.15) is 24.1 Å². The van der Waals surface area contributed by atoms with Crippen LogP contribution in [0.25, 0.3) is 0 Å². The number of hydrogen-bond acceptors (Lipinski definition) is 2. The Kier molecular flexibility index (Phi) is 4.83. The summed E-state index contributed by atoms with van der Waals surface area (Å²) in [6.45, 7) is 2.90. The van der Waals surface area contributed by atoms with Crippen LogP contribution in [0, 0.1) is 0 Å². The van der Waals surface area contributed by atoms with E-state index in [9.17, 15) is 0 Å². The number of nitrogens with one attached hydrogen (secondary N) is 1. The lowest BCUT2D eigenvalue weighted by Crippen LogP contribution is -2.18. The number of halogens is 1. The first-order valence-corrected chi connectivity index (χ1v) is 6.69. The molecule has 0 unspecified atom stereocenters. The molecule has 0 aromatic heterocycles. The van der Waals surface area contributed by atoms with Gasteiger partial charge in [-0.1, -0.05) is 41.9 Å². The van der Waals surface area contributed by atoms with Gasteiger partial charge in [-0.2, -0.15) is 0 Å². The third kappa shape index (κ3) is 3.72. The average Bonchev–Trinajstić information content (AvgIpc) is 2.45. The van der Waals surface area contributed by atoms with E-state index in [4.69, 9.17) is 16.3 Å². The number of para-hydroxylation sites is 1. The average molecular weight is 276 g/mol. The summed E-state index contributed by atoms with van der Waals surface area (Å²) in [5, 5.41) is 4.25. The minimum absolute atomic E-state index is 0.218.